The fraction of sp³-hybridized carbons (Fsp3) is 0.364. The first-order valence-electron chi connectivity index (χ1n) is 9.65. The number of hydrogen-bond donors (Lipinski definition) is 2. The third-order valence-corrected chi connectivity index (χ3v) is 7.43. The fourth-order valence-electron chi connectivity index (χ4n) is 4.99. The van der Waals surface area contributed by atoms with Crippen molar-refractivity contribution in [1.82, 2.24) is 4.90 Å². The number of fused-ring (bicyclic) bond motifs is 4. The molecule has 2 amide bonds. The molecule has 0 aliphatic carbocycles. The average Bonchev–Trinajstić information content (AvgIpc) is 3.33. The van der Waals surface area contributed by atoms with Crippen molar-refractivity contribution in [3.8, 4) is 0 Å². The second-order valence-corrected chi connectivity index (χ2v) is 8.99. The molecule has 3 aliphatic heterocycles. The molecule has 28 heavy (non-hydrogen) atoms. The molecule has 3 heterocycles. The summed E-state index contributed by atoms with van der Waals surface area (Å²) in [5.74, 6) is 1.19. The van der Waals surface area contributed by atoms with E-state index in [0.29, 0.717) is 6.42 Å². The number of anilines is 2. The van der Waals surface area contributed by atoms with Gasteiger partial charge in [0.25, 0.3) is 0 Å². The monoisotopic (exact) mass is 393 g/mol. The van der Waals surface area contributed by atoms with Crippen LogP contribution in [-0.2, 0) is 15.1 Å². The van der Waals surface area contributed by atoms with E-state index in [-0.39, 0.29) is 17.9 Å². The molecular weight excluding hydrogens is 370 g/mol. The molecule has 3 atom stereocenters. The van der Waals surface area contributed by atoms with Crippen LogP contribution in [0.2, 0.25) is 0 Å². The van der Waals surface area contributed by atoms with Gasteiger partial charge in [-0.25, -0.2) is 0 Å². The number of amides is 2. The minimum atomic E-state index is -0.910. The lowest BCUT2D eigenvalue weighted by molar-refractivity contribution is -0.134. The molecule has 3 aliphatic rings. The standard InChI is InChI=1S/C22H23N3O2S/c1-13-7-8-14(2)19(9-13)23-20(26)17-10-15-11-28-12-25(15)22(17)16-5-3-4-6-18(16)24-21(22)27/h3-9,15,17H,10-12H2,1-2H3,(H,23,26)(H,24,27). The van der Waals surface area contributed by atoms with Gasteiger partial charge in [0.1, 0.15) is 5.54 Å². The van der Waals surface area contributed by atoms with Crippen LogP contribution < -0.4 is 10.6 Å². The molecule has 2 aromatic carbocycles. The summed E-state index contributed by atoms with van der Waals surface area (Å²) in [6.07, 6.45) is 0.700. The highest BCUT2D eigenvalue weighted by Gasteiger charge is 2.65. The second kappa shape index (κ2) is 6.36. The molecule has 1 spiro atoms. The van der Waals surface area contributed by atoms with Crippen LogP contribution in [0.15, 0.2) is 42.5 Å². The molecule has 0 bridgehead atoms. The Bertz CT molecular complexity index is 991. The first kappa shape index (κ1) is 17.8. The van der Waals surface area contributed by atoms with E-state index in [1.807, 2.05) is 68.1 Å². The van der Waals surface area contributed by atoms with Crippen molar-refractivity contribution in [1.29, 1.82) is 0 Å². The van der Waals surface area contributed by atoms with Crippen LogP contribution >= 0.6 is 11.8 Å². The van der Waals surface area contributed by atoms with E-state index in [2.05, 4.69) is 15.5 Å². The van der Waals surface area contributed by atoms with Crippen molar-refractivity contribution < 1.29 is 9.59 Å². The molecule has 144 valence electrons. The molecule has 2 fully saturated rings. The van der Waals surface area contributed by atoms with E-state index in [1.165, 1.54) is 0 Å². The van der Waals surface area contributed by atoms with Crippen molar-refractivity contribution in [3.05, 3.63) is 59.2 Å². The quantitative estimate of drug-likeness (QED) is 0.820. The van der Waals surface area contributed by atoms with Crippen LogP contribution in [0.25, 0.3) is 0 Å². The molecule has 5 nitrogen and oxygen atoms in total. The number of thioether (sulfide) groups is 1. The molecule has 0 aromatic heterocycles. The number of carbonyl (C=O) groups excluding carboxylic acids is 2. The Morgan fingerprint density at radius 1 is 1.25 bits per heavy atom. The Labute approximate surface area is 168 Å². The van der Waals surface area contributed by atoms with Gasteiger partial charge in [-0.2, -0.15) is 0 Å². The predicted molar refractivity (Wildman–Crippen MR) is 112 cm³/mol. The molecule has 3 unspecified atom stereocenters. The molecule has 0 radical (unpaired) electrons. The lowest BCUT2D eigenvalue weighted by atomic mass is 9.79. The smallest absolute Gasteiger partial charge is 0.250 e. The van der Waals surface area contributed by atoms with Gasteiger partial charge in [-0.15, -0.1) is 11.8 Å². The summed E-state index contributed by atoms with van der Waals surface area (Å²) in [7, 11) is 0. The van der Waals surface area contributed by atoms with Crippen LogP contribution in [0.3, 0.4) is 0 Å². The number of benzene rings is 2. The fourth-order valence-corrected chi connectivity index (χ4v) is 6.30. The summed E-state index contributed by atoms with van der Waals surface area (Å²) >= 11 is 1.84. The lowest BCUT2D eigenvalue weighted by Gasteiger charge is -2.36. The van der Waals surface area contributed by atoms with E-state index < -0.39 is 11.5 Å². The average molecular weight is 394 g/mol. The zero-order chi connectivity index (χ0) is 19.5. The van der Waals surface area contributed by atoms with Crippen molar-refractivity contribution in [2.75, 3.05) is 22.3 Å². The maximum absolute atomic E-state index is 13.5. The summed E-state index contributed by atoms with van der Waals surface area (Å²) in [6.45, 7) is 4.01. The van der Waals surface area contributed by atoms with E-state index in [9.17, 15) is 9.59 Å². The van der Waals surface area contributed by atoms with E-state index >= 15 is 0 Å². The second-order valence-electron chi connectivity index (χ2n) is 7.99. The van der Waals surface area contributed by atoms with Gasteiger partial charge < -0.3 is 10.6 Å². The highest BCUT2D eigenvalue weighted by atomic mass is 32.2. The summed E-state index contributed by atoms with van der Waals surface area (Å²) in [5.41, 5.74) is 3.81. The van der Waals surface area contributed by atoms with Crippen LogP contribution in [0.5, 0.6) is 0 Å². The molecule has 2 saturated heterocycles. The molecule has 6 heteroatoms. The van der Waals surface area contributed by atoms with Crippen molar-refractivity contribution in [2.45, 2.75) is 31.8 Å². The zero-order valence-corrected chi connectivity index (χ0v) is 16.8. The normalized spacial score (nSPS) is 28.3. The largest absolute Gasteiger partial charge is 0.326 e. The number of aryl methyl sites for hydroxylation is 2. The summed E-state index contributed by atoms with van der Waals surface area (Å²) in [5, 5.41) is 6.17. The van der Waals surface area contributed by atoms with Gasteiger partial charge in [0.15, 0.2) is 0 Å². The van der Waals surface area contributed by atoms with Gasteiger partial charge in [0.2, 0.25) is 11.8 Å². The third kappa shape index (κ3) is 2.37. The third-order valence-electron chi connectivity index (χ3n) is 6.35. The Morgan fingerprint density at radius 3 is 2.93 bits per heavy atom. The van der Waals surface area contributed by atoms with Crippen LogP contribution in [0, 0.1) is 19.8 Å². The van der Waals surface area contributed by atoms with Crippen molar-refractivity contribution >= 4 is 35.0 Å². The van der Waals surface area contributed by atoms with Crippen molar-refractivity contribution in [3.63, 3.8) is 0 Å². The lowest BCUT2D eigenvalue weighted by Crippen LogP contribution is -2.53. The Kier molecular flexibility index (Phi) is 4.03. The van der Waals surface area contributed by atoms with Gasteiger partial charge >= 0.3 is 0 Å². The van der Waals surface area contributed by atoms with Crippen LogP contribution in [0.1, 0.15) is 23.1 Å². The SMILES string of the molecule is Cc1ccc(C)c(NC(=O)C2CC3CSCN3C23C(=O)Nc2ccccc23)c1. The van der Waals surface area contributed by atoms with Gasteiger partial charge in [0, 0.05) is 34.6 Å². The van der Waals surface area contributed by atoms with E-state index in [1.54, 1.807) is 0 Å². The van der Waals surface area contributed by atoms with Gasteiger partial charge in [0.05, 0.1) is 5.92 Å². The van der Waals surface area contributed by atoms with Crippen LogP contribution in [-0.4, -0.2) is 34.4 Å². The number of hydrogen-bond acceptors (Lipinski definition) is 4. The molecular formula is C22H23N3O2S. The minimum Gasteiger partial charge on any atom is -0.326 e. The Morgan fingerprint density at radius 2 is 2.07 bits per heavy atom. The summed E-state index contributed by atoms with van der Waals surface area (Å²) in [4.78, 5) is 29.1. The maximum atomic E-state index is 13.5. The predicted octanol–water partition coefficient (Wildman–Crippen LogP) is 3.48. The Hall–Kier alpha value is -2.31. The number of carbonyl (C=O) groups is 2. The van der Waals surface area contributed by atoms with E-state index in [4.69, 9.17) is 0 Å². The zero-order valence-electron chi connectivity index (χ0n) is 16.0. The summed E-state index contributed by atoms with van der Waals surface area (Å²) in [6, 6.07) is 14.1. The van der Waals surface area contributed by atoms with E-state index in [0.717, 1.165) is 39.7 Å². The van der Waals surface area contributed by atoms with Gasteiger partial charge in [-0.3, -0.25) is 14.5 Å². The molecule has 2 aromatic rings. The number of para-hydroxylation sites is 1. The van der Waals surface area contributed by atoms with Gasteiger partial charge in [-0.05, 0) is 43.5 Å². The highest BCUT2D eigenvalue weighted by Crippen LogP contribution is 2.55. The van der Waals surface area contributed by atoms with Crippen LogP contribution in [0.4, 0.5) is 11.4 Å². The maximum Gasteiger partial charge on any atom is 0.250 e. The minimum absolute atomic E-state index is 0.0695. The first-order chi connectivity index (χ1) is 13.5. The molecule has 2 N–H and O–H groups in total. The Balaban J connectivity index is 1.58. The first-order valence-corrected chi connectivity index (χ1v) is 10.8. The number of nitrogens with zero attached hydrogens (tertiary/aromatic N) is 1. The highest BCUT2D eigenvalue weighted by molar-refractivity contribution is 7.99. The number of rotatable bonds is 2. The molecule has 0 saturated carbocycles. The van der Waals surface area contributed by atoms with Gasteiger partial charge in [-0.1, -0.05) is 30.3 Å². The number of nitrogens with one attached hydrogen (secondary N) is 2. The summed E-state index contributed by atoms with van der Waals surface area (Å²) < 4.78 is 0. The molecule has 5 rings (SSSR count). The topological polar surface area (TPSA) is 61.4 Å². The van der Waals surface area contributed by atoms with Crippen molar-refractivity contribution in [2.24, 2.45) is 5.92 Å².